The number of rotatable bonds is 4. The van der Waals surface area contributed by atoms with E-state index in [9.17, 15) is 14.6 Å². The first-order chi connectivity index (χ1) is 15.3. The van der Waals surface area contributed by atoms with Gasteiger partial charge in [0, 0.05) is 28.9 Å². The number of nitrogens with two attached hydrogens (primary N) is 1. The van der Waals surface area contributed by atoms with Crippen LogP contribution in [-0.4, -0.2) is 37.0 Å². The number of hydrogen-bond acceptors (Lipinski definition) is 5. The summed E-state index contributed by atoms with van der Waals surface area (Å²) in [6.45, 7) is 1.94. The fourth-order valence-electron chi connectivity index (χ4n) is 4.50. The molecule has 9 heteroatoms. The Kier molecular flexibility index (Phi) is 6.33. The molecule has 5 rings (SSSR count). The zero-order valence-corrected chi connectivity index (χ0v) is 19.3. The van der Waals surface area contributed by atoms with Crippen molar-refractivity contribution in [2.45, 2.75) is 38.0 Å². The third kappa shape index (κ3) is 4.06. The fraction of sp³-hybridized carbons (Fsp3) is 0.250. The smallest absolute Gasteiger partial charge is 0.142 e. The summed E-state index contributed by atoms with van der Waals surface area (Å²) in [6.07, 6.45) is 4.54. The monoisotopic (exact) mass is 488 g/mol. The maximum Gasteiger partial charge on any atom is 0.142 e. The minimum atomic E-state index is -0.988. The number of hydrogen-bond donors (Lipinski definition) is 3. The summed E-state index contributed by atoms with van der Waals surface area (Å²) in [6, 6.07) is 8.16. The van der Waals surface area contributed by atoms with Gasteiger partial charge in [-0.3, -0.25) is 4.98 Å². The molecule has 172 valence electrons. The number of aryl methyl sites for hydroxylation is 2. The Morgan fingerprint density at radius 1 is 1.15 bits per heavy atom. The molecule has 3 atom stereocenters. The highest BCUT2D eigenvalue weighted by atomic mass is 35.5. The molecule has 4 aromatic rings. The first-order valence-corrected chi connectivity index (χ1v) is 10.7. The average Bonchev–Trinajstić information content (AvgIpc) is 3.31. The standard InChI is InChI=1S/C24H22ClFN4O2.ClH/c1-12-15-5-7-30(20(15)4-6-28-12)21-10-14(22(31)23(21)32)3-2-13-8-18(26)16-11-17(25)24(27)29-19(16)9-13;/h4-11,21-23,31-32H,2-3H2,1H3,(H2,27,29);1H/t21-,22-,23-;/m0./s1. The van der Waals surface area contributed by atoms with Crippen LogP contribution in [0.3, 0.4) is 0 Å². The molecule has 1 aliphatic rings. The minimum absolute atomic E-state index is 0. The zero-order valence-electron chi connectivity index (χ0n) is 17.7. The number of aromatic nitrogens is 3. The number of nitrogen functional groups attached to an aromatic ring is 1. The number of anilines is 1. The Hall–Kier alpha value is -2.71. The molecule has 6 nitrogen and oxygen atoms in total. The summed E-state index contributed by atoms with van der Waals surface area (Å²) in [5.41, 5.74) is 9.50. The van der Waals surface area contributed by atoms with Crippen LogP contribution in [-0.2, 0) is 6.42 Å². The molecule has 0 amide bonds. The predicted molar refractivity (Wildman–Crippen MR) is 130 cm³/mol. The van der Waals surface area contributed by atoms with Crippen LogP contribution in [0.4, 0.5) is 10.2 Å². The number of aliphatic hydroxyl groups is 2. The van der Waals surface area contributed by atoms with Crippen molar-refractivity contribution in [3.05, 3.63) is 76.5 Å². The van der Waals surface area contributed by atoms with Crippen LogP contribution in [0.15, 0.2) is 54.4 Å². The summed E-state index contributed by atoms with van der Waals surface area (Å²) in [4.78, 5) is 8.49. The van der Waals surface area contributed by atoms with E-state index in [-0.39, 0.29) is 23.2 Å². The first-order valence-electron chi connectivity index (χ1n) is 10.4. The highest BCUT2D eigenvalue weighted by Crippen LogP contribution is 2.35. The molecule has 3 aromatic heterocycles. The molecule has 0 saturated heterocycles. The molecule has 33 heavy (non-hydrogen) atoms. The normalized spacial score (nSPS) is 20.3. The summed E-state index contributed by atoms with van der Waals surface area (Å²) < 4.78 is 16.5. The minimum Gasteiger partial charge on any atom is -0.388 e. The zero-order chi connectivity index (χ0) is 22.6. The second-order valence-corrected chi connectivity index (χ2v) is 8.63. The topological polar surface area (TPSA) is 97.2 Å². The van der Waals surface area contributed by atoms with Gasteiger partial charge in [0.25, 0.3) is 0 Å². The van der Waals surface area contributed by atoms with Crippen molar-refractivity contribution in [3.8, 4) is 0 Å². The Morgan fingerprint density at radius 2 is 1.94 bits per heavy atom. The second-order valence-electron chi connectivity index (χ2n) is 8.22. The van der Waals surface area contributed by atoms with Crippen LogP contribution in [0.1, 0.15) is 23.7 Å². The number of pyridine rings is 2. The Labute approximate surface area is 200 Å². The maximum absolute atomic E-state index is 14.6. The Morgan fingerprint density at radius 3 is 2.73 bits per heavy atom. The Bertz CT molecular complexity index is 1390. The molecule has 0 aliphatic heterocycles. The number of halogens is 3. The average molecular weight is 489 g/mol. The lowest BCUT2D eigenvalue weighted by atomic mass is 10.0. The largest absolute Gasteiger partial charge is 0.388 e. The number of benzene rings is 1. The van der Waals surface area contributed by atoms with Gasteiger partial charge in [-0.25, -0.2) is 9.37 Å². The van der Waals surface area contributed by atoms with Gasteiger partial charge in [0.2, 0.25) is 0 Å². The molecular weight excluding hydrogens is 466 g/mol. The SMILES string of the molecule is Cc1nccc2c1ccn2[C@H]1C=C(CCc2cc(F)c3cc(Cl)c(N)nc3c2)[C@H](O)[C@H]1O.Cl. The quantitative estimate of drug-likeness (QED) is 0.366. The van der Waals surface area contributed by atoms with Gasteiger partial charge in [0.1, 0.15) is 23.8 Å². The van der Waals surface area contributed by atoms with E-state index in [2.05, 4.69) is 9.97 Å². The predicted octanol–water partition coefficient (Wildman–Crippen LogP) is 4.53. The van der Waals surface area contributed by atoms with Gasteiger partial charge in [-0.1, -0.05) is 17.7 Å². The highest BCUT2D eigenvalue weighted by molar-refractivity contribution is 6.33. The fourth-order valence-corrected chi connectivity index (χ4v) is 4.65. The van der Waals surface area contributed by atoms with E-state index in [1.165, 1.54) is 12.1 Å². The van der Waals surface area contributed by atoms with Gasteiger partial charge in [-0.15, -0.1) is 12.4 Å². The summed E-state index contributed by atoms with van der Waals surface area (Å²) >= 11 is 5.96. The molecular formula is C24H23Cl2FN4O2. The number of nitrogens with zero attached hydrogens (tertiary/aromatic N) is 3. The van der Waals surface area contributed by atoms with Gasteiger partial charge >= 0.3 is 0 Å². The van der Waals surface area contributed by atoms with Crippen molar-refractivity contribution in [1.82, 2.24) is 14.5 Å². The molecule has 0 radical (unpaired) electrons. The third-order valence-corrected chi connectivity index (χ3v) is 6.53. The molecule has 0 unspecified atom stereocenters. The van der Waals surface area contributed by atoms with Gasteiger partial charge in [-0.05, 0) is 61.2 Å². The first kappa shape index (κ1) is 23.4. The molecule has 0 spiro atoms. The number of aliphatic hydroxyl groups excluding tert-OH is 2. The third-order valence-electron chi connectivity index (χ3n) is 6.23. The summed E-state index contributed by atoms with van der Waals surface area (Å²) in [5.74, 6) is -0.270. The van der Waals surface area contributed by atoms with Crippen LogP contribution < -0.4 is 5.73 Å². The highest BCUT2D eigenvalue weighted by Gasteiger charge is 2.35. The van der Waals surface area contributed by atoms with Crippen molar-refractivity contribution in [1.29, 1.82) is 0 Å². The lowest BCUT2D eigenvalue weighted by Gasteiger charge is -2.20. The van der Waals surface area contributed by atoms with Gasteiger partial charge in [-0.2, -0.15) is 0 Å². The van der Waals surface area contributed by atoms with Gasteiger partial charge < -0.3 is 20.5 Å². The summed E-state index contributed by atoms with van der Waals surface area (Å²) in [5, 5.41) is 22.9. The van der Waals surface area contributed by atoms with Gasteiger partial charge in [0.05, 0.1) is 22.1 Å². The molecule has 0 saturated carbocycles. The number of fused-ring (bicyclic) bond motifs is 2. The van der Waals surface area contributed by atoms with Crippen molar-refractivity contribution in [2.75, 3.05) is 5.73 Å². The van der Waals surface area contributed by atoms with E-state index in [1.54, 1.807) is 12.3 Å². The summed E-state index contributed by atoms with van der Waals surface area (Å²) in [7, 11) is 0. The lowest BCUT2D eigenvalue weighted by molar-refractivity contribution is 0.0318. The second kappa shape index (κ2) is 8.91. The van der Waals surface area contributed by atoms with Crippen LogP contribution in [0.5, 0.6) is 0 Å². The van der Waals surface area contributed by atoms with Crippen molar-refractivity contribution in [2.24, 2.45) is 0 Å². The molecule has 1 aliphatic carbocycles. The van der Waals surface area contributed by atoms with Crippen molar-refractivity contribution in [3.63, 3.8) is 0 Å². The van der Waals surface area contributed by atoms with Crippen LogP contribution >= 0.6 is 24.0 Å². The molecule has 1 aromatic carbocycles. The van der Waals surface area contributed by atoms with E-state index in [1.807, 2.05) is 35.9 Å². The van der Waals surface area contributed by atoms with Crippen LogP contribution in [0, 0.1) is 12.7 Å². The molecule has 3 heterocycles. The van der Waals surface area contributed by atoms with E-state index in [0.29, 0.717) is 23.7 Å². The van der Waals surface area contributed by atoms with E-state index >= 15 is 0 Å². The van der Waals surface area contributed by atoms with Crippen LogP contribution in [0.2, 0.25) is 5.02 Å². The maximum atomic E-state index is 14.6. The van der Waals surface area contributed by atoms with E-state index < -0.39 is 24.1 Å². The van der Waals surface area contributed by atoms with E-state index in [0.717, 1.165) is 27.7 Å². The molecule has 0 fully saturated rings. The lowest BCUT2D eigenvalue weighted by Crippen LogP contribution is -2.29. The van der Waals surface area contributed by atoms with Crippen molar-refractivity contribution >= 4 is 51.6 Å². The van der Waals surface area contributed by atoms with Gasteiger partial charge in [0.15, 0.2) is 0 Å². The van der Waals surface area contributed by atoms with E-state index in [4.69, 9.17) is 17.3 Å². The molecule has 4 N–H and O–H groups in total. The van der Waals surface area contributed by atoms with Crippen molar-refractivity contribution < 1.29 is 14.6 Å². The molecule has 0 bridgehead atoms. The Balaban J connectivity index is 0.00000259. The van der Waals surface area contributed by atoms with Crippen LogP contribution in [0.25, 0.3) is 21.8 Å².